The second-order valence-corrected chi connectivity index (χ2v) is 4.85. The maximum absolute atomic E-state index is 11.6. The Hall–Kier alpha value is -1.75. The van der Waals surface area contributed by atoms with E-state index in [2.05, 4.69) is 17.0 Å². The van der Waals surface area contributed by atoms with Gasteiger partial charge in [-0.15, -0.1) is 0 Å². The van der Waals surface area contributed by atoms with Gasteiger partial charge in [0.05, 0.1) is 0 Å². The number of nitrogens with zero attached hydrogens (tertiary/aromatic N) is 2. The first-order valence-electron chi connectivity index (χ1n) is 7.20. The van der Waals surface area contributed by atoms with Crippen LogP contribution in [0.4, 0.5) is 5.69 Å². The number of amides is 1. The molecule has 1 saturated heterocycles. The van der Waals surface area contributed by atoms with Gasteiger partial charge in [0, 0.05) is 44.8 Å². The fourth-order valence-electron chi connectivity index (χ4n) is 2.37. The fourth-order valence-corrected chi connectivity index (χ4v) is 2.37. The van der Waals surface area contributed by atoms with Crippen LogP contribution in [0.2, 0.25) is 0 Å². The van der Waals surface area contributed by atoms with Gasteiger partial charge in [-0.2, -0.15) is 0 Å². The van der Waals surface area contributed by atoms with Crippen LogP contribution >= 0.6 is 0 Å². The van der Waals surface area contributed by atoms with Gasteiger partial charge >= 0.3 is 0 Å². The highest BCUT2D eigenvalue weighted by Gasteiger charge is 2.19. The highest BCUT2D eigenvalue weighted by atomic mass is 16.5. The summed E-state index contributed by atoms with van der Waals surface area (Å²) >= 11 is 0. The molecule has 1 aromatic rings. The third-order valence-corrected chi connectivity index (χ3v) is 3.52. The molecule has 1 aliphatic rings. The Kier molecular flexibility index (Phi) is 5.24. The van der Waals surface area contributed by atoms with Crippen LogP contribution in [0.1, 0.15) is 13.3 Å². The summed E-state index contributed by atoms with van der Waals surface area (Å²) in [4.78, 5) is 15.9. The third kappa shape index (κ3) is 3.63. The van der Waals surface area contributed by atoms with Crippen molar-refractivity contribution in [2.24, 2.45) is 5.73 Å². The number of ether oxygens (including phenoxy) is 1. The van der Waals surface area contributed by atoms with Crippen molar-refractivity contribution in [1.29, 1.82) is 0 Å². The lowest BCUT2D eigenvalue weighted by atomic mass is 10.2. The number of hydrogen-bond donors (Lipinski definition) is 1. The molecule has 0 bridgehead atoms. The number of rotatable bonds is 5. The molecule has 110 valence electrons. The van der Waals surface area contributed by atoms with Gasteiger partial charge in [-0.3, -0.25) is 4.79 Å². The molecular formula is C15H23N3O2. The van der Waals surface area contributed by atoms with Gasteiger partial charge < -0.3 is 20.3 Å². The minimum Gasteiger partial charge on any atom is -0.492 e. The van der Waals surface area contributed by atoms with E-state index in [0.717, 1.165) is 31.9 Å². The van der Waals surface area contributed by atoms with Crippen molar-refractivity contribution < 1.29 is 9.53 Å². The zero-order valence-corrected chi connectivity index (χ0v) is 12.0. The van der Waals surface area contributed by atoms with E-state index in [0.29, 0.717) is 19.6 Å². The molecule has 5 nitrogen and oxygen atoms in total. The molecule has 0 unspecified atom stereocenters. The van der Waals surface area contributed by atoms with Crippen molar-refractivity contribution in [1.82, 2.24) is 4.90 Å². The van der Waals surface area contributed by atoms with E-state index in [4.69, 9.17) is 10.5 Å². The van der Waals surface area contributed by atoms with E-state index in [1.807, 2.05) is 24.0 Å². The number of benzene rings is 1. The molecule has 0 spiro atoms. The molecule has 0 aromatic heterocycles. The normalized spacial score (nSPS) is 15.3. The summed E-state index contributed by atoms with van der Waals surface area (Å²) in [6, 6.07) is 8.05. The largest absolute Gasteiger partial charge is 0.492 e. The monoisotopic (exact) mass is 277 g/mol. The van der Waals surface area contributed by atoms with Crippen LogP contribution < -0.4 is 15.4 Å². The van der Waals surface area contributed by atoms with Crippen molar-refractivity contribution in [3.05, 3.63) is 24.3 Å². The summed E-state index contributed by atoms with van der Waals surface area (Å²) in [6.07, 6.45) is 0.590. The number of hydrogen-bond acceptors (Lipinski definition) is 4. The van der Waals surface area contributed by atoms with Gasteiger partial charge in [-0.05, 0) is 24.3 Å². The van der Waals surface area contributed by atoms with Crippen molar-refractivity contribution >= 4 is 11.6 Å². The van der Waals surface area contributed by atoms with E-state index >= 15 is 0 Å². The second-order valence-electron chi connectivity index (χ2n) is 4.85. The number of anilines is 1. The smallest absolute Gasteiger partial charge is 0.222 e. The lowest BCUT2D eigenvalue weighted by molar-refractivity contribution is -0.131. The zero-order chi connectivity index (χ0) is 14.4. The minimum atomic E-state index is 0.246. The molecule has 1 aliphatic heterocycles. The van der Waals surface area contributed by atoms with Crippen LogP contribution in [0.15, 0.2) is 24.3 Å². The lowest BCUT2D eigenvalue weighted by Crippen LogP contribution is -2.48. The molecular weight excluding hydrogens is 254 g/mol. The van der Waals surface area contributed by atoms with Crippen molar-refractivity contribution in [3.8, 4) is 5.75 Å². The summed E-state index contributed by atoms with van der Waals surface area (Å²) in [5.74, 6) is 1.09. The van der Waals surface area contributed by atoms with E-state index < -0.39 is 0 Å². The summed E-state index contributed by atoms with van der Waals surface area (Å²) in [7, 11) is 0. The summed E-state index contributed by atoms with van der Waals surface area (Å²) in [5, 5.41) is 0. The van der Waals surface area contributed by atoms with Gasteiger partial charge in [0.1, 0.15) is 12.4 Å². The van der Waals surface area contributed by atoms with Gasteiger partial charge in [0.15, 0.2) is 0 Å². The first-order chi connectivity index (χ1) is 9.74. The molecule has 1 fully saturated rings. The average molecular weight is 277 g/mol. The highest BCUT2D eigenvalue weighted by Crippen LogP contribution is 2.20. The van der Waals surface area contributed by atoms with Gasteiger partial charge in [-0.25, -0.2) is 0 Å². The Morgan fingerprint density at radius 2 is 1.85 bits per heavy atom. The molecule has 2 rings (SSSR count). The maximum atomic E-state index is 11.6. The first-order valence-corrected chi connectivity index (χ1v) is 7.20. The van der Waals surface area contributed by atoms with Crippen molar-refractivity contribution in [2.75, 3.05) is 44.2 Å². The van der Waals surface area contributed by atoms with Gasteiger partial charge in [-0.1, -0.05) is 6.92 Å². The van der Waals surface area contributed by atoms with Crippen LogP contribution in [-0.2, 0) is 4.79 Å². The van der Waals surface area contributed by atoms with E-state index in [1.54, 1.807) is 0 Å². The summed E-state index contributed by atoms with van der Waals surface area (Å²) in [6.45, 7) is 6.35. The van der Waals surface area contributed by atoms with E-state index in [-0.39, 0.29) is 5.91 Å². The number of piperazine rings is 1. The van der Waals surface area contributed by atoms with Crippen molar-refractivity contribution in [3.63, 3.8) is 0 Å². The number of carbonyl (C=O) groups excluding carboxylic acids is 1. The van der Waals surface area contributed by atoms with Crippen LogP contribution in [-0.4, -0.2) is 50.1 Å². The van der Waals surface area contributed by atoms with E-state index in [9.17, 15) is 4.79 Å². The molecule has 2 N–H and O–H groups in total. The third-order valence-electron chi connectivity index (χ3n) is 3.52. The molecule has 1 amide bonds. The molecule has 5 heteroatoms. The minimum absolute atomic E-state index is 0.246. The molecule has 0 saturated carbocycles. The topological polar surface area (TPSA) is 58.8 Å². The molecule has 20 heavy (non-hydrogen) atoms. The van der Waals surface area contributed by atoms with E-state index in [1.165, 1.54) is 5.69 Å². The van der Waals surface area contributed by atoms with Crippen molar-refractivity contribution in [2.45, 2.75) is 13.3 Å². The number of nitrogens with two attached hydrogens (primary N) is 1. The predicted molar refractivity (Wildman–Crippen MR) is 80.1 cm³/mol. The second kappa shape index (κ2) is 7.14. The van der Waals surface area contributed by atoms with Gasteiger partial charge in [0.25, 0.3) is 0 Å². The Bertz CT molecular complexity index is 425. The summed E-state index contributed by atoms with van der Waals surface area (Å²) < 4.78 is 5.46. The Labute approximate surface area is 120 Å². The first kappa shape index (κ1) is 14.7. The van der Waals surface area contributed by atoms with Gasteiger partial charge in [0.2, 0.25) is 5.91 Å². The molecule has 1 heterocycles. The predicted octanol–water partition coefficient (Wildman–Crippen LogP) is 1.08. The van der Waals surface area contributed by atoms with Crippen LogP contribution in [0, 0.1) is 0 Å². The van der Waals surface area contributed by atoms with Crippen LogP contribution in [0.3, 0.4) is 0 Å². The molecule has 1 aromatic carbocycles. The molecule has 0 aliphatic carbocycles. The lowest BCUT2D eigenvalue weighted by Gasteiger charge is -2.36. The molecule has 0 atom stereocenters. The molecule has 0 radical (unpaired) electrons. The Balaban J connectivity index is 1.88. The Morgan fingerprint density at radius 1 is 1.20 bits per heavy atom. The maximum Gasteiger partial charge on any atom is 0.222 e. The zero-order valence-electron chi connectivity index (χ0n) is 12.0. The summed E-state index contributed by atoms with van der Waals surface area (Å²) in [5.41, 5.74) is 6.58. The number of carbonyl (C=O) groups is 1. The standard InChI is InChI=1S/C15H23N3O2/c1-2-15(19)18-10-8-17(9-11-18)13-3-5-14(6-4-13)20-12-7-16/h3-6H,2,7-12,16H2,1H3. The average Bonchev–Trinajstić information content (AvgIpc) is 2.53. The SMILES string of the molecule is CCC(=O)N1CCN(c2ccc(OCCN)cc2)CC1. The fraction of sp³-hybridized carbons (Fsp3) is 0.533. The quantitative estimate of drug-likeness (QED) is 0.875. The highest BCUT2D eigenvalue weighted by molar-refractivity contribution is 5.76. The van der Waals surface area contributed by atoms with Crippen LogP contribution in [0.25, 0.3) is 0 Å². The Morgan fingerprint density at radius 3 is 2.40 bits per heavy atom. The van der Waals surface area contributed by atoms with Crippen LogP contribution in [0.5, 0.6) is 5.75 Å².